The highest BCUT2D eigenvalue weighted by atomic mass is 19.1. The summed E-state index contributed by atoms with van der Waals surface area (Å²) in [5.74, 6) is -0.0960. The van der Waals surface area contributed by atoms with Crippen LogP contribution in [0.2, 0.25) is 0 Å². The summed E-state index contributed by atoms with van der Waals surface area (Å²) < 4.78 is 42.3. The van der Waals surface area contributed by atoms with E-state index in [-0.39, 0.29) is 35.7 Å². The van der Waals surface area contributed by atoms with Crippen LogP contribution in [0.15, 0.2) is 88.3 Å². The highest BCUT2D eigenvalue weighted by molar-refractivity contribution is 5.93. The van der Waals surface area contributed by atoms with Crippen LogP contribution < -0.4 is 16.0 Å². The molecule has 0 unspecified atom stereocenters. The molecule has 0 saturated heterocycles. The van der Waals surface area contributed by atoms with Crippen molar-refractivity contribution in [2.24, 2.45) is 0 Å². The fourth-order valence-corrected chi connectivity index (χ4v) is 7.55. The Morgan fingerprint density at radius 2 is 1.35 bits per heavy atom. The number of fused-ring (bicyclic) bond motifs is 2. The number of pyridine rings is 2. The molecule has 9 aromatic rings. The van der Waals surface area contributed by atoms with Crippen LogP contribution in [0.25, 0.3) is 61.5 Å². The Hall–Kier alpha value is -8.33. The average Bonchev–Trinajstić information content (AvgIpc) is 4.22. The molecule has 0 aliphatic carbocycles. The van der Waals surface area contributed by atoms with Crippen molar-refractivity contribution in [3.8, 4) is 33.6 Å². The van der Waals surface area contributed by atoms with Gasteiger partial charge in [-0.05, 0) is 60.9 Å². The number of halogens is 2. The summed E-state index contributed by atoms with van der Waals surface area (Å²) >= 11 is 0. The molecule has 71 heavy (non-hydrogen) atoms. The Bertz CT molecular complexity index is 3440. The Morgan fingerprint density at radius 1 is 0.746 bits per heavy atom. The van der Waals surface area contributed by atoms with E-state index in [1.165, 1.54) is 12.1 Å². The second kappa shape index (κ2) is 19.6. The van der Waals surface area contributed by atoms with Gasteiger partial charge in [-0.1, -0.05) is 77.0 Å². The van der Waals surface area contributed by atoms with Crippen molar-refractivity contribution in [3.63, 3.8) is 0 Å². The zero-order valence-corrected chi connectivity index (χ0v) is 40.1. The van der Waals surface area contributed by atoms with E-state index in [0.29, 0.717) is 56.6 Å². The van der Waals surface area contributed by atoms with Gasteiger partial charge in [0.1, 0.15) is 23.3 Å². The van der Waals surface area contributed by atoms with Gasteiger partial charge in [-0.25, -0.2) is 28.7 Å². The van der Waals surface area contributed by atoms with Crippen molar-refractivity contribution < 1.29 is 27.3 Å². The normalized spacial score (nSPS) is 13.0. The minimum Gasteiger partial charge on any atom is -0.416 e. The first-order chi connectivity index (χ1) is 34.0. The fraction of sp³-hybridized carbons (Fsp3) is 0.300. The zero-order valence-electron chi connectivity index (χ0n) is 40.1. The molecule has 21 heteroatoms. The third-order valence-corrected chi connectivity index (χ3v) is 11.5. The van der Waals surface area contributed by atoms with Gasteiger partial charge in [0.2, 0.25) is 5.89 Å². The quantitative estimate of drug-likeness (QED) is 0.0824. The predicted molar refractivity (Wildman–Crippen MR) is 259 cm³/mol. The molecule has 7 aromatic heterocycles. The van der Waals surface area contributed by atoms with E-state index in [1.807, 2.05) is 71.5 Å². The second-order valence-corrected chi connectivity index (χ2v) is 18.9. The number of aryl methyl sites for hydroxylation is 1. The van der Waals surface area contributed by atoms with Crippen molar-refractivity contribution in [1.82, 2.24) is 76.0 Å². The molecule has 0 radical (unpaired) electrons. The number of H-pyrrole nitrogens is 2. The van der Waals surface area contributed by atoms with Crippen molar-refractivity contribution in [1.29, 1.82) is 0 Å². The highest BCUT2D eigenvalue weighted by Crippen LogP contribution is 2.32. The summed E-state index contributed by atoms with van der Waals surface area (Å²) in [5.41, 5.74) is 7.40. The maximum atomic E-state index is 15.0. The topological polar surface area (TPSA) is 249 Å². The molecule has 0 spiro atoms. The van der Waals surface area contributed by atoms with Gasteiger partial charge in [0.25, 0.3) is 0 Å². The summed E-state index contributed by atoms with van der Waals surface area (Å²) in [4.78, 5) is 53.5. The van der Waals surface area contributed by atoms with E-state index < -0.39 is 23.4 Å². The Morgan fingerprint density at radius 3 is 1.87 bits per heavy atom. The van der Waals surface area contributed by atoms with Gasteiger partial charge in [0.15, 0.2) is 17.1 Å². The van der Waals surface area contributed by atoms with Gasteiger partial charge in [-0.15, -0.1) is 10.2 Å². The molecular weight excluding hydrogens is 913 g/mol. The Balaban J connectivity index is 0.000000176. The Kier molecular flexibility index (Phi) is 13.2. The average molecular weight is 964 g/mol. The summed E-state index contributed by atoms with van der Waals surface area (Å²) in [6.07, 6.45) is 9.94. The van der Waals surface area contributed by atoms with Crippen LogP contribution in [0.4, 0.5) is 8.78 Å². The van der Waals surface area contributed by atoms with E-state index in [9.17, 15) is 14.0 Å². The van der Waals surface area contributed by atoms with Crippen molar-refractivity contribution in [2.45, 2.75) is 85.4 Å². The first kappa shape index (κ1) is 47.7. The van der Waals surface area contributed by atoms with Crippen LogP contribution >= 0.6 is 0 Å². The predicted octanol–water partition coefficient (Wildman–Crippen LogP) is 8.01. The summed E-state index contributed by atoms with van der Waals surface area (Å²) in [6, 6.07) is 13.4. The molecule has 5 N–H and O–H groups in total. The van der Waals surface area contributed by atoms with Crippen LogP contribution in [-0.2, 0) is 30.5 Å². The molecule has 19 nitrogen and oxygen atoms in total. The number of imidazole rings is 2. The van der Waals surface area contributed by atoms with E-state index in [0.717, 1.165) is 59.7 Å². The fourth-order valence-electron chi connectivity index (χ4n) is 7.55. The molecule has 1 aliphatic rings. The van der Waals surface area contributed by atoms with Gasteiger partial charge in [-0.3, -0.25) is 14.3 Å². The van der Waals surface area contributed by atoms with Crippen molar-refractivity contribution >= 4 is 39.7 Å². The van der Waals surface area contributed by atoms with Gasteiger partial charge in [0, 0.05) is 77.9 Å². The van der Waals surface area contributed by atoms with E-state index in [2.05, 4.69) is 77.4 Å². The number of nitrogens with zero attached hydrogens (tertiary/aromatic N) is 10. The van der Waals surface area contributed by atoms with Gasteiger partial charge in [0.05, 0.1) is 22.8 Å². The molecule has 10 rings (SSSR count). The largest absolute Gasteiger partial charge is 0.416 e. The van der Waals surface area contributed by atoms with Gasteiger partial charge < -0.3 is 34.9 Å². The van der Waals surface area contributed by atoms with E-state index in [1.54, 1.807) is 42.9 Å². The molecule has 0 fully saturated rings. The number of aromatic nitrogens is 12. The van der Waals surface area contributed by atoms with Crippen molar-refractivity contribution in [2.75, 3.05) is 13.1 Å². The van der Waals surface area contributed by atoms with Crippen LogP contribution in [0, 0.1) is 11.6 Å². The van der Waals surface area contributed by atoms with E-state index >= 15 is 4.39 Å². The maximum Gasteiger partial charge on any atom is 0.315 e. The molecule has 1 aliphatic heterocycles. The van der Waals surface area contributed by atoms with Crippen LogP contribution in [0.5, 0.6) is 0 Å². The van der Waals surface area contributed by atoms with Crippen LogP contribution in [0.3, 0.4) is 0 Å². The lowest BCUT2D eigenvalue weighted by molar-refractivity contribution is 0.0901. The number of aromatic amines is 2. The SMILES string of the molecule is CC(C)(C)c1noc(C(=O)NCc2ccc(-c3ccnc4nc(C5=CCNCC5)[nH]c34)cc2F)n1.CCn1cc(-c2nc3nccc(-c4ccc(CNC(=O)c5nnc(C(C)(C)C)o5)c(F)c4)c3[nH]2)cn1. The highest BCUT2D eigenvalue weighted by Gasteiger charge is 2.26. The maximum absolute atomic E-state index is 15.0. The molecule has 8 heterocycles. The number of benzene rings is 2. The molecule has 0 bridgehead atoms. The number of nitrogens with one attached hydrogen (secondary N) is 5. The molecular formula is C50H51F2N15O4. The molecule has 0 atom stereocenters. The lowest BCUT2D eigenvalue weighted by Gasteiger charge is -2.11. The molecule has 2 amide bonds. The summed E-state index contributed by atoms with van der Waals surface area (Å²) in [5, 5.41) is 24.4. The first-order valence-corrected chi connectivity index (χ1v) is 23.0. The number of rotatable bonds is 11. The van der Waals surface area contributed by atoms with Crippen LogP contribution in [0.1, 0.15) is 105 Å². The second-order valence-electron chi connectivity index (χ2n) is 18.9. The number of hydrogen-bond acceptors (Lipinski definition) is 14. The van der Waals surface area contributed by atoms with Gasteiger partial charge >= 0.3 is 23.6 Å². The lowest BCUT2D eigenvalue weighted by atomic mass is 9.96. The number of carbonyl (C=O) groups is 2. The minimum absolute atomic E-state index is 0.0136. The molecule has 364 valence electrons. The van der Waals surface area contributed by atoms with Gasteiger partial charge in [-0.2, -0.15) is 10.1 Å². The van der Waals surface area contributed by atoms with E-state index in [4.69, 9.17) is 8.94 Å². The summed E-state index contributed by atoms with van der Waals surface area (Å²) in [7, 11) is 0. The number of amides is 2. The standard InChI is InChI=1S/C25H25FN8O2.C25H26FN7O2/c1-5-34-13-16(12-29-34)20-30-19-17(8-9-27-21(19)31-20)14-6-7-15(18(26)10-14)11-28-22(35)23-32-33-24(36-23)25(2,3)4;1-25(2,3)24-32-23(35-33-24)22(34)29-13-16-5-4-15(12-18(16)26)17-8-11-28-21-19(17)30-20(31-21)14-6-9-27-10-7-14/h6-10,12-13H,5,11H2,1-4H3,(H,28,35)(H,27,30,31);4-6,8,11-12,27H,7,9-10,13H2,1-3H3,(H,29,34)(H,28,30,31). The third kappa shape index (κ3) is 10.5. The first-order valence-electron chi connectivity index (χ1n) is 23.0. The monoisotopic (exact) mass is 963 g/mol. The minimum atomic E-state index is -0.561. The molecule has 0 saturated carbocycles. The summed E-state index contributed by atoms with van der Waals surface area (Å²) in [6.45, 7) is 15.9. The number of carbonyl (C=O) groups excluding carboxylic acids is 2. The smallest absolute Gasteiger partial charge is 0.315 e. The lowest BCUT2D eigenvalue weighted by Crippen LogP contribution is -2.24. The zero-order chi connectivity index (χ0) is 50.0. The molecule has 2 aromatic carbocycles. The van der Waals surface area contributed by atoms with Crippen LogP contribution in [-0.4, -0.2) is 84.9 Å². The number of hydrogen-bond donors (Lipinski definition) is 5. The van der Waals surface area contributed by atoms with Crippen molar-refractivity contribution in [3.05, 3.63) is 131 Å². The Labute approximate surface area is 405 Å². The third-order valence-electron chi connectivity index (χ3n) is 11.5.